The molecule has 2 aromatic rings. The molecule has 1 atom stereocenters. The molecule has 0 heterocycles. The number of nitrogens with zero attached hydrogens (tertiary/aromatic N) is 3. The first-order chi connectivity index (χ1) is 16.3. The van der Waals surface area contributed by atoms with Gasteiger partial charge in [-0.2, -0.15) is 12.7 Å². The topological polar surface area (TPSA) is 90.0 Å². The maximum absolute atomic E-state index is 13.7. The van der Waals surface area contributed by atoms with Crippen molar-refractivity contribution in [3.05, 3.63) is 65.2 Å². The molecular formula is C26H38N4O4S. The Morgan fingerprint density at radius 1 is 0.971 bits per heavy atom. The molecule has 1 N–H and O–H groups in total. The van der Waals surface area contributed by atoms with Gasteiger partial charge in [0.05, 0.1) is 5.69 Å². The molecule has 0 bridgehead atoms. The van der Waals surface area contributed by atoms with E-state index in [0.29, 0.717) is 12.1 Å². The van der Waals surface area contributed by atoms with Gasteiger partial charge < -0.3 is 10.2 Å². The van der Waals surface area contributed by atoms with Crippen LogP contribution in [0.2, 0.25) is 0 Å². The summed E-state index contributed by atoms with van der Waals surface area (Å²) in [7, 11) is -1.10. The Hall–Kier alpha value is -2.91. The monoisotopic (exact) mass is 502 g/mol. The fraction of sp³-hybridized carbons (Fsp3) is 0.462. The summed E-state index contributed by atoms with van der Waals surface area (Å²) in [6, 6.07) is 14.3. The molecular weight excluding hydrogens is 464 g/mol. The largest absolute Gasteiger partial charge is 0.352 e. The lowest BCUT2D eigenvalue weighted by Gasteiger charge is -2.33. The van der Waals surface area contributed by atoms with Crippen molar-refractivity contribution in [2.45, 2.75) is 53.1 Å². The third-order valence-electron chi connectivity index (χ3n) is 5.73. The van der Waals surface area contributed by atoms with Crippen molar-refractivity contribution in [3.8, 4) is 0 Å². The molecule has 2 rings (SSSR count). The smallest absolute Gasteiger partial charge is 0.304 e. The minimum Gasteiger partial charge on any atom is -0.352 e. The number of benzene rings is 2. The average Bonchev–Trinajstić information content (AvgIpc) is 2.79. The third kappa shape index (κ3) is 7.53. The maximum atomic E-state index is 13.7. The first kappa shape index (κ1) is 28.3. The number of anilines is 1. The van der Waals surface area contributed by atoms with Crippen molar-refractivity contribution < 1.29 is 18.0 Å². The van der Waals surface area contributed by atoms with E-state index in [2.05, 4.69) is 5.32 Å². The first-order valence-electron chi connectivity index (χ1n) is 11.8. The van der Waals surface area contributed by atoms with Gasteiger partial charge in [0.2, 0.25) is 11.8 Å². The van der Waals surface area contributed by atoms with Crippen LogP contribution in [0.5, 0.6) is 0 Å². The second-order valence-electron chi connectivity index (χ2n) is 9.25. The summed E-state index contributed by atoms with van der Waals surface area (Å²) in [5.74, 6) is -0.728. The van der Waals surface area contributed by atoms with E-state index >= 15 is 0 Å². The number of carbonyl (C=O) groups is 2. The second-order valence-corrected chi connectivity index (χ2v) is 11.3. The number of rotatable bonds is 11. The molecule has 192 valence electrons. The Morgan fingerprint density at radius 3 is 2.17 bits per heavy atom. The molecule has 0 saturated heterocycles. The van der Waals surface area contributed by atoms with Crippen molar-refractivity contribution in [2.75, 3.05) is 31.5 Å². The molecule has 9 heteroatoms. The quantitative estimate of drug-likeness (QED) is 0.512. The van der Waals surface area contributed by atoms with Crippen molar-refractivity contribution >= 4 is 27.7 Å². The van der Waals surface area contributed by atoms with Crippen LogP contribution in [0.25, 0.3) is 0 Å². The molecule has 0 saturated carbocycles. The van der Waals surface area contributed by atoms with E-state index in [0.717, 1.165) is 25.3 Å². The van der Waals surface area contributed by atoms with Gasteiger partial charge in [0.15, 0.2) is 0 Å². The third-order valence-corrected chi connectivity index (χ3v) is 7.54. The van der Waals surface area contributed by atoms with Gasteiger partial charge in [0.25, 0.3) is 0 Å². The summed E-state index contributed by atoms with van der Waals surface area (Å²) in [5, 5.41) is 2.85. The highest BCUT2D eigenvalue weighted by molar-refractivity contribution is 7.90. The molecule has 35 heavy (non-hydrogen) atoms. The van der Waals surface area contributed by atoms with E-state index in [-0.39, 0.29) is 18.5 Å². The standard InChI is InChI=1S/C26H38N4O4S/c1-19(2)27-26(32)22(5)29(16-15-23-11-9-8-10-12-23)25(31)18-30(35(33,34)28(6)7)24-17-20(3)13-14-21(24)4/h8-14,17,19,22H,15-16,18H2,1-7H3,(H,27,32). The maximum Gasteiger partial charge on any atom is 0.304 e. The molecule has 2 aromatic carbocycles. The predicted octanol–water partition coefficient (Wildman–Crippen LogP) is 2.90. The Labute approximate surface area is 210 Å². The molecule has 0 aliphatic carbocycles. The second kappa shape index (κ2) is 12.2. The molecule has 0 fully saturated rings. The van der Waals surface area contributed by atoms with Crippen LogP contribution in [0.3, 0.4) is 0 Å². The van der Waals surface area contributed by atoms with E-state index in [4.69, 9.17) is 0 Å². The van der Waals surface area contributed by atoms with Crippen LogP contribution in [0, 0.1) is 13.8 Å². The Morgan fingerprint density at radius 2 is 1.60 bits per heavy atom. The van der Waals surface area contributed by atoms with Crippen molar-refractivity contribution in [1.82, 2.24) is 14.5 Å². The zero-order chi connectivity index (χ0) is 26.3. The zero-order valence-corrected chi connectivity index (χ0v) is 22.6. The van der Waals surface area contributed by atoms with Crippen molar-refractivity contribution in [2.24, 2.45) is 0 Å². The first-order valence-corrected chi connectivity index (χ1v) is 13.2. The van der Waals surface area contributed by atoms with Crippen molar-refractivity contribution in [3.63, 3.8) is 0 Å². The molecule has 0 spiro atoms. The van der Waals surface area contributed by atoms with E-state index in [1.165, 1.54) is 19.0 Å². The number of carbonyl (C=O) groups excluding carboxylic acids is 2. The van der Waals surface area contributed by atoms with E-state index in [1.54, 1.807) is 13.0 Å². The van der Waals surface area contributed by atoms with Gasteiger partial charge in [0, 0.05) is 26.7 Å². The van der Waals surface area contributed by atoms with Crippen molar-refractivity contribution in [1.29, 1.82) is 0 Å². The van der Waals surface area contributed by atoms with E-state index in [9.17, 15) is 18.0 Å². The Bertz CT molecular complexity index is 1120. The molecule has 0 aliphatic heterocycles. The summed E-state index contributed by atoms with van der Waals surface area (Å²) in [6.07, 6.45) is 0.537. The number of hydrogen-bond donors (Lipinski definition) is 1. The van der Waals surface area contributed by atoms with Crippen LogP contribution in [-0.2, 0) is 26.2 Å². The normalized spacial score (nSPS) is 12.5. The molecule has 1 unspecified atom stereocenters. The van der Waals surface area contributed by atoms with Gasteiger partial charge in [-0.25, -0.2) is 4.31 Å². The van der Waals surface area contributed by atoms with Crippen LogP contribution < -0.4 is 9.62 Å². The van der Waals surface area contributed by atoms with Crippen LogP contribution in [-0.4, -0.2) is 68.7 Å². The molecule has 0 aromatic heterocycles. The average molecular weight is 503 g/mol. The predicted molar refractivity (Wildman–Crippen MR) is 140 cm³/mol. The van der Waals surface area contributed by atoms with Gasteiger partial charge in [-0.1, -0.05) is 42.5 Å². The molecule has 8 nitrogen and oxygen atoms in total. The Kier molecular flexibility index (Phi) is 9.85. The van der Waals surface area contributed by atoms with Gasteiger partial charge >= 0.3 is 10.2 Å². The molecule has 0 radical (unpaired) electrons. The lowest BCUT2D eigenvalue weighted by molar-refractivity contribution is -0.139. The number of hydrogen-bond acceptors (Lipinski definition) is 4. The van der Waals surface area contributed by atoms with Crippen LogP contribution in [0.4, 0.5) is 5.69 Å². The fourth-order valence-electron chi connectivity index (χ4n) is 3.67. The highest BCUT2D eigenvalue weighted by Crippen LogP contribution is 2.25. The number of amides is 2. The Balaban J connectivity index is 2.43. The summed E-state index contributed by atoms with van der Waals surface area (Å²) in [4.78, 5) is 28.0. The minimum atomic E-state index is -3.97. The lowest BCUT2D eigenvalue weighted by atomic mass is 10.1. The number of aryl methyl sites for hydroxylation is 2. The van der Waals surface area contributed by atoms with Crippen LogP contribution >= 0.6 is 0 Å². The minimum absolute atomic E-state index is 0.0865. The van der Waals surface area contributed by atoms with Gasteiger partial charge in [-0.3, -0.25) is 9.59 Å². The molecule has 0 aliphatic rings. The van der Waals surface area contributed by atoms with Gasteiger partial charge in [0.1, 0.15) is 12.6 Å². The SMILES string of the molecule is Cc1ccc(C)c(N(CC(=O)N(CCc2ccccc2)C(C)C(=O)NC(C)C)S(=O)(=O)N(C)C)c1. The van der Waals surface area contributed by atoms with Gasteiger partial charge in [-0.05, 0) is 63.8 Å². The summed E-state index contributed by atoms with van der Waals surface area (Å²) in [6.45, 7) is 8.92. The summed E-state index contributed by atoms with van der Waals surface area (Å²) >= 11 is 0. The van der Waals surface area contributed by atoms with Crippen LogP contribution in [0.1, 0.15) is 37.5 Å². The lowest BCUT2D eigenvalue weighted by Crippen LogP contribution is -2.54. The highest BCUT2D eigenvalue weighted by atomic mass is 32.2. The summed E-state index contributed by atoms with van der Waals surface area (Å²) < 4.78 is 28.8. The van der Waals surface area contributed by atoms with Crippen LogP contribution in [0.15, 0.2) is 48.5 Å². The molecule has 2 amide bonds. The highest BCUT2D eigenvalue weighted by Gasteiger charge is 2.33. The summed E-state index contributed by atoms with van der Waals surface area (Å²) in [5.41, 5.74) is 3.07. The zero-order valence-electron chi connectivity index (χ0n) is 21.8. The van der Waals surface area contributed by atoms with E-state index < -0.39 is 28.7 Å². The fourth-order valence-corrected chi connectivity index (χ4v) is 4.78. The number of nitrogens with one attached hydrogen (secondary N) is 1. The van der Waals surface area contributed by atoms with E-state index in [1.807, 2.05) is 70.2 Å². The van der Waals surface area contributed by atoms with Gasteiger partial charge in [-0.15, -0.1) is 0 Å².